The predicted molar refractivity (Wildman–Crippen MR) is 72.4 cm³/mol. The topological polar surface area (TPSA) is 44.7 Å². The summed E-state index contributed by atoms with van der Waals surface area (Å²) in [6.45, 7) is 4.69. The van der Waals surface area contributed by atoms with Crippen LogP contribution in [0.15, 0.2) is 4.99 Å². The van der Waals surface area contributed by atoms with Crippen LogP contribution in [0, 0.1) is 0 Å². The van der Waals surface area contributed by atoms with Crippen LogP contribution in [0.25, 0.3) is 0 Å². The highest BCUT2D eigenvalue weighted by Gasteiger charge is 2.19. The fourth-order valence-electron chi connectivity index (χ4n) is 2.13. The minimum atomic E-state index is 0.266. The van der Waals surface area contributed by atoms with Gasteiger partial charge in [-0.1, -0.05) is 18.7 Å². The van der Waals surface area contributed by atoms with E-state index in [2.05, 4.69) is 17.2 Å². The number of hydrogen-bond donors (Lipinski definition) is 1. The monoisotopic (exact) mass is 255 g/mol. The van der Waals surface area contributed by atoms with Gasteiger partial charge < -0.3 is 10.2 Å². The van der Waals surface area contributed by atoms with Crippen LogP contribution in [-0.4, -0.2) is 47.4 Å². The molecule has 0 radical (unpaired) electrons. The summed E-state index contributed by atoms with van der Waals surface area (Å²) in [6, 6.07) is 0.563. The van der Waals surface area contributed by atoms with Crippen LogP contribution >= 0.6 is 11.8 Å². The Balaban J connectivity index is 1.68. The lowest BCUT2D eigenvalue weighted by atomic mass is 10.3. The zero-order valence-corrected chi connectivity index (χ0v) is 11.3. The first-order valence-electron chi connectivity index (χ1n) is 6.51. The number of carbonyl (C=O) groups is 1. The number of likely N-dealkylation sites (tertiary alicyclic amines) is 1. The van der Waals surface area contributed by atoms with E-state index < -0.39 is 0 Å². The van der Waals surface area contributed by atoms with Crippen molar-refractivity contribution in [3.05, 3.63) is 0 Å². The number of carbonyl (C=O) groups excluding carboxylic acids is 1. The Kier molecular flexibility index (Phi) is 4.71. The third-order valence-electron chi connectivity index (χ3n) is 3.28. The molecular formula is C12H21N3OS. The molecule has 4 nitrogen and oxygen atoms in total. The summed E-state index contributed by atoms with van der Waals surface area (Å²) < 4.78 is 0. The van der Waals surface area contributed by atoms with Gasteiger partial charge in [0.05, 0.1) is 6.54 Å². The lowest BCUT2D eigenvalue weighted by Gasteiger charge is -2.14. The van der Waals surface area contributed by atoms with Gasteiger partial charge in [0.15, 0.2) is 5.17 Å². The van der Waals surface area contributed by atoms with Crippen LogP contribution in [0.1, 0.15) is 32.6 Å². The van der Waals surface area contributed by atoms with Gasteiger partial charge in [-0.05, 0) is 19.3 Å². The minimum Gasteiger partial charge on any atom is -0.361 e. The van der Waals surface area contributed by atoms with E-state index >= 15 is 0 Å². The third kappa shape index (κ3) is 3.63. The van der Waals surface area contributed by atoms with Crippen LogP contribution in [0.2, 0.25) is 0 Å². The standard InChI is InChI=1S/C12H21N3OS/c1-2-10-9-17-12(14-10)13-6-5-11(16)15-7-3-4-8-15/h10H,2-9H2,1H3,(H,13,14). The normalized spacial score (nSPS) is 26.5. The smallest absolute Gasteiger partial charge is 0.224 e. The summed E-state index contributed by atoms with van der Waals surface area (Å²) in [5, 5.41) is 4.39. The van der Waals surface area contributed by atoms with E-state index in [9.17, 15) is 4.79 Å². The molecule has 0 aromatic rings. The highest BCUT2D eigenvalue weighted by molar-refractivity contribution is 8.14. The summed E-state index contributed by atoms with van der Waals surface area (Å²) >= 11 is 1.77. The molecule has 2 heterocycles. The molecule has 1 amide bonds. The second kappa shape index (κ2) is 6.28. The van der Waals surface area contributed by atoms with Gasteiger partial charge in [-0.2, -0.15) is 0 Å². The molecule has 2 aliphatic heterocycles. The molecule has 17 heavy (non-hydrogen) atoms. The van der Waals surface area contributed by atoms with Crippen LogP contribution in [0.4, 0.5) is 0 Å². The van der Waals surface area contributed by atoms with Gasteiger partial charge in [-0.15, -0.1) is 0 Å². The second-order valence-corrected chi connectivity index (χ2v) is 5.59. The molecule has 2 rings (SSSR count). The lowest BCUT2D eigenvalue weighted by Crippen LogP contribution is -2.28. The molecule has 5 heteroatoms. The van der Waals surface area contributed by atoms with Gasteiger partial charge >= 0.3 is 0 Å². The van der Waals surface area contributed by atoms with E-state index in [1.807, 2.05) is 4.90 Å². The second-order valence-electron chi connectivity index (χ2n) is 4.59. The highest BCUT2D eigenvalue weighted by Crippen LogP contribution is 2.15. The number of nitrogens with zero attached hydrogens (tertiary/aromatic N) is 2. The van der Waals surface area contributed by atoms with Gasteiger partial charge in [0.25, 0.3) is 0 Å². The fourth-order valence-corrected chi connectivity index (χ4v) is 3.24. The first-order chi connectivity index (χ1) is 8.29. The number of rotatable bonds is 4. The summed E-state index contributed by atoms with van der Waals surface area (Å²) in [5.41, 5.74) is 0. The Labute approximate surface area is 107 Å². The minimum absolute atomic E-state index is 0.266. The average Bonchev–Trinajstić information content (AvgIpc) is 3.00. The molecular weight excluding hydrogens is 234 g/mol. The molecule has 2 fully saturated rings. The molecule has 0 bridgehead atoms. The van der Waals surface area contributed by atoms with Crippen molar-refractivity contribution in [3.63, 3.8) is 0 Å². The maximum atomic E-state index is 11.8. The Morgan fingerprint density at radius 3 is 2.94 bits per heavy atom. The summed E-state index contributed by atoms with van der Waals surface area (Å²) in [4.78, 5) is 18.2. The van der Waals surface area contributed by atoms with E-state index in [0.717, 1.165) is 43.3 Å². The van der Waals surface area contributed by atoms with E-state index in [4.69, 9.17) is 0 Å². The lowest BCUT2D eigenvalue weighted by molar-refractivity contribution is -0.129. The van der Waals surface area contributed by atoms with Crippen LogP contribution in [0.5, 0.6) is 0 Å². The van der Waals surface area contributed by atoms with Gasteiger partial charge in [0, 0.05) is 31.3 Å². The molecule has 2 saturated heterocycles. The van der Waals surface area contributed by atoms with Gasteiger partial charge in [0.2, 0.25) is 5.91 Å². The molecule has 2 aliphatic rings. The SMILES string of the molecule is CCC1CSC(=NCCC(=O)N2CCCC2)N1. The number of hydrogen-bond acceptors (Lipinski definition) is 3. The van der Waals surface area contributed by atoms with E-state index in [-0.39, 0.29) is 5.91 Å². The van der Waals surface area contributed by atoms with Crippen molar-refractivity contribution in [2.45, 2.75) is 38.6 Å². The molecule has 0 spiro atoms. The van der Waals surface area contributed by atoms with Crippen LogP contribution in [0.3, 0.4) is 0 Å². The Morgan fingerprint density at radius 1 is 1.53 bits per heavy atom. The highest BCUT2D eigenvalue weighted by atomic mass is 32.2. The van der Waals surface area contributed by atoms with Crippen molar-refractivity contribution in [1.82, 2.24) is 10.2 Å². The molecule has 0 aromatic heterocycles. The van der Waals surface area contributed by atoms with Crippen molar-refractivity contribution >= 4 is 22.8 Å². The Morgan fingerprint density at radius 2 is 2.29 bits per heavy atom. The zero-order valence-electron chi connectivity index (χ0n) is 10.4. The predicted octanol–water partition coefficient (Wildman–Crippen LogP) is 1.47. The van der Waals surface area contributed by atoms with Crippen LogP contribution in [-0.2, 0) is 4.79 Å². The molecule has 0 aliphatic carbocycles. The molecule has 1 N–H and O–H groups in total. The molecule has 1 atom stereocenters. The van der Waals surface area contributed by atoms with Gasteiger partial charge in [-0.3, -0.25) is 9.79 Å². The summed E-state index contributed by atoms with van der Waals surface area (Å²) in [6.07, 6.45) is 4.02. The largest absolute Gasteiger partial charge is 0.361 e. The number of thioether (sulfide) groups is 1. The van der Waals surface area contributed by atoms with Crippen molar-refractivity contribution in [3.8, 4) is 0 Å². The molecule has 0 saturated carbocycles. The van der Waals surface area contributed by atoms with Crippen molar-refractivity contribution in [2.24, 2.45) is 4.99 Å². The van der Waals surface area contributed by atoms with Crippen molar-refractivity contribution < 1.29 is 4.79 Å². The number of aliphatic imine (C=N–C) groups is 1. The van der Waals surface area contributed by atoms with E-state index in [1.54, 1.807) is 11.8 Å². The zero-order chi connectivity index (χ0) is 12.1. The maximum absolute atomic E-state index is 11.8. The Bertz CT molecular complexity index is 300. The first kappa shape index (κ1) is 12.7. The number of amidine groups is 1. The number of nitrogens with one attached hydrogen (secondary N) is 1. The summed E-state index contributed by atoms with van der Waals surface area (Å²) in [7, 11) is 0. The van der Waals surface area contributed by atoms with Crippen LogP contribution < -0.4 is 5.32 Å². The molecule has 96 valence electrons. The van der Waals surface area contributed by atoms with Gasteiger partial charge in [-0.25, -0.2) is 0 Å². The third-order valence-corrected chi connectivity index (χ3v) is 4.37. The maximum Gasteiger partial charge on any atom is 0.224 e. The van der Waals surface area contributed by atoms with Gasteiger partial charge in [0.1, 0.15) is 0 Å². The molecule has 0 aromatic carbocycles. The van der Waals surface area contributed by atoms with Crippen molar-refractivity contribution in [2.75, 3.05) is 25.4 Å². The fraction of sp³-hybridized carbons (Fsp3) is 0.833. The molecule has 1 unspecified atom stereocenters. The van der Waals surface area contributed by atoms with E-state index in [0.29, 0.717) is 19.0 Å². The Hall–Kier alpha value is -0.710. The average molecular weight is 255 g/mol. The van der Waals surface area contributed by atoms with E-state index in [1.165, 1.54) is 0 Å². The first-order valence-corrected chi connectivity index (χ1v) is 7.49. The summed E-state index contributed by atoms with van der Waals surface area (Å²) in [5.74, 6) is 1.37. The number of amides is 1. The quantitative estimate of drug-likeness (QED) is 0.827. The van der Waals surface area contributed by atoms with Crippen molar-refractivity contribution in [1.29, 1.82) is 0 Å².